The van der Waals surface area contributed by atoms with Gasteiger partial charge in [-0.25, -0.2) is 0 Å². The fourth-order valence-corrected chi connectivity index (χ4v) is 1.63. The van der Waals surface area contributed by atoms with Crippen LogP contribution in [-0.4, -0.2) is 37.4 Å². The van der Waals surface area contributed by atoms with E-state index in [-0.39, 0.29) is 42.5 Å². The van der Waals surface area contributed by atoms with E-state index in [2.05, 4.69) is 10.3 Å². The van der Waals surface area contributed by atoms with Crippen molar-refractivity contribution in [1.82, 2.24) is 0 Å². The molecule has 0 aromatic heterocycles. The molecule has 0 aliphatic rings. The Hall–Kier alpha value is -1.22. The van der Waals surface area contributed by atoms with Crippen molar-refractivity contribution in [3.8, 4) is 11.5 Å². The number of aliphatic imine (C=N–C) groups is 1. The summed E-state index contributed by atoms with van der Waals surface area (Å²) in [5.41, 5.74) is 6.57. The van der Waals surface area contributed by atoms with E-state index in [0.717, 1.165) is 5.75 Å². The van der Waals surface area contributed by atoms with Gasteiger partial charge in [0.1, 0.15) is 11.5 Å². The number of halogens is 1. The number of guanidine groups is 1. The third kappa shape index (κ3) is 7.17. The van der Waals surface area contributed by atoms with Gasteiger partial charge in [-0.3, -0.25) is 4.99 Å². The first-order valence-electron chi connectivity index (χ1n) is 7.18. The van der Waals surface area contributed by atoms with Crippen LogP contribution in [0.5, 0.6) is 11.5 Å². The molecule has 22 heavy (non-hydrogen) atoms. The van der Waals surface area contributed by atoms with Crippen LogP contribution in [-0.2, 0) is 0 Å². The Labute approximate surface area is 149 Å². The Kier molecular flexibility index (Phi) is 10.7. The highest BCUT2D eigenvalue weighted by molar-refractivity contribution is 14.0. The molecule has 0 aliphatic carbocycles. The second-order valence-electron chi connectivity index (χ2n) is 4.66. The SMILES string of the molecule is CCOc1ccc(OCC)c(NC(N)=NCC(C)CO)c1.I. The van der Waals surface area contributed by atoms with Gasteiger partial charge in [0.05, 0.1) is 18.9 Å². The number of nitrogens with zero attached hydrogens (tertiary/aromatic N) is 1. The van der Waals surface area contributed by atoms with Crippen LogP contribution in [0.4, 0.5) is 5.69 Å². The summed E-state index contributed by atoms with van der Waals surface area (Å²) in [6.45, 7) is 7.44. The van der Waals surface area contributed by atoms with Crippen LogP contribution in [0.2, 0.25) is 0 Å². The highest BCUT2D eigenvalue weighted by Crippen LogP contribution is 2.29. The molecule has 1 aromatic rings. The minimum atomic E-state index is 0. The highest BCUT2D eigenvalue weighted by atomic mass is 127. The number of hydrogen-bond acceptors (Lipinski definition) is 4. The number of anilines is 1. The van der Waals surface area contributed by atoms with Gasteiger partial charge in [0.25, 0.3) is 0 Å². The predicted molar refractivity (Wildman–Crippen MR) is 101 cm³/mol. The number of benzene rings is 1. The zero-order valence-electron chi connectivity index (χ0n) is 13.3. The van der Waals surface area contributed by atoms with Gasteiger partial charge < -0.3 is 25.6 Å². The Morgan fingerprint density at radius 2 is 2.00 bits per heavy atom. The smallest absolute Gasteiger partial charge is 0.193 e. The molecule has 0 fully saturated rings. The number of hydrogen-bond donors (Lipinski definition) is 3. The molecule has 0 amide bonds. The number of rotatable bonds is 8. The minimum Gasteiger partial charge on any atom is -0.494 e. The maximum atomic E-state index is 8.98. The largest absolute Gasteiger partial charge is 0.494 e. The normalized spacial score (nSPS) is 12.3. The quantitative estimate of drug-likeness (QED) is 0.340. The van der Waals surface area contributed by atoms with Crippen LogP contribution in [0, 0.1) is 5.92 Å². The lowest BCUT2D eigenvalue weighted by molar-refractivity contribution is 0.242. The van der Waals surface area contributed by atoms with E-state index < -0.39 is 0 Å². The number of aliphatic hydroxyl groups excluding tert-OH is 1. The Morgan fingerprint density at radius 1 is 1.32 bits per heavy atom. The molecular formula is C15H26IN3O3. The molecule has 0 aliphatic heterocycles. The van der Waals surface area contributed by atoms with Gasteiger partial charge in [0.15, 0.2) is 5.96 Å². The molecule has 1 rings (SSSR count). The third-order valence-electron chi connectivity index (χ3n) is 2.71. The lowest BCUT2D eigenvalue weighted by atomic mass is 10.2. The van der Waals surface area contributed by atoms with Gasteiger partial charge in [-0.15, -0.1) is 24.0 Å². The lowest BCUT2D eigenvalue weighted by Gasteiger charge is -2.14. The molecule has 0 saturated carbocycles. The number of nitrogens with one attached hydrogen (secondary N) is 1. The molecule has 4 N–H and O–H groups in total. The van der Waals surface area contributed by atoms with Crippen LogP contribution in [0.15, 0.2) is 23.2 Å². The van der Waals surface area contributed by atoms with Gasteiger partial charge >= 0.3 is 0 Å². The second kappa shape index (κ2) is 11.4. The molecular weight excluding hydrogens is 397 g/mol. The summed E-state index contributed by atoms with van der Waals surface area (Å²) < 4.78 is 11.0. The van der Waals surface area contributed by atoms with Crippen LogP contribution < -0.4 is 20.5 Å². The van der Waals surface area contributed by atoms with Gasteiger partial charge in [-0.2, -0.15) is 0 Å². The van der Waals surface area contributed by atoms with E-state index in [9.17, 15) is 0 Å². The number of aliphatic hydroxyl groups is 1. The molecule has 126 valence electrons. The molecule has 6 nitrogen and oxygen atoms in total. The standard InChI is InChI=1S/C15H25N3O3.HI/c1-4-20-12-6-7-14(21-5-2)13(8-12)18-15(16)17-9-11(3)10-19;/h6-8,11,19H,4-5,9-10H2,1-3H3,(H3,16,17,18);1H. The maximum absolute atomic E-state index is 8.98. The monoisotopic (exact) mass is 423 g/mol. The summed E-state index contributed by atoms with van der Waals surface area (Å²) in [5.74, 6) is 1.78. The first-order chi connectivity index (χ1) is 10.1. The fraction of sp³-hybridized carbons (Fsp3) is 0.533. The first kappa shape index (κ1) is 20.8. The van der Waals surface area contributed by atoms with Crippen LogP contribution in [0.1, 0.15) is 20.8 Å². The van der Waals surface area contributed by atoms with E-state index in [1.807, 2.05) is 39.0 Å². The van der Waals surface area contributed by atoms with Crippen molar-refractivity contribution in [2.75, 3.05) is 31.7 Å². The Balaban J connectivity index is 0.00000441. The van der Waals surface area contributed by atoms with E-state index in [1.54, 1.807) is 0 Å². The van der Waals surface area contributed by atoms with Crippen LogP contribution >= 0.6 is 24.0 Å². The van der Waals surface area contributed by atoms with Gasteiger partial charge in [0.2, 0.25) is 0 Å². The van der Waals surface area contributed by atoms with Crippen molar-refractivity contribution in [3.63, 3.8) is 0 Å². The molecule has 1 atom stereocenters. The Bertz CT molecular complexity index is 469. The summed E-state index contributed by atoms with van der Waals surface area (Å²) in [5, 5.41) is 12.0. The highest BCUT2D eigenvalue weighted by Gasteiger charge is 2.07. The third-order valence-corrected chi connectivity index (χ3v) is 2.71. The van der Waals surface area contributed by atoms with Crippen molar-refractivity contribution >= 4 is 35.6 Å². The number of nitrogens with two attached hydrogens (primary N) is 1. The molecule has 0 spiro atoms. The molecule has 0 radical (unpaired) electrons. The summed E-state index contributed by atoms with van der Waals surface area (Å²) in [4.78, 5) is 4.19. The molecule has 0 heterocycles. The Morgan fingerprint density at radius 3 is 2.59 bits per heavy atom. The van der Waals surface area contributed by atoms with Crippen molar-refractivity contribution < 1.29 is 14.6 Å². The first-order valence-corrected chi connectivity index (χ1v) is 7.18. The molecule has 0 saturated heterocycles. The van der Waals surface area contributed by atoms with E-state index >= 15 is 0 Å². The zero-order valence-corrected chi connectivity index (χ0v) is 15.7. The average Bonchev–Trinajstić information content (AvgIpc) is 2.48. The molecule has 1 aromatic carbocycles. The van der Waals surface area contributed by atoms with E-state index in [4.69, 9.17) is 20.3 Å². The summed E-state index contributed by atoms with van der Waals surface area (Å²) in [6.07, 6.45) is 0. The summed E-state index contributed by atoms with van der Waals surface area (Å²) in [7, 11) is 0. The van der Waals surface area contributed by atoms with Crippen molar-refractivity contribution in [1.29, 1.82) is 0 Å². The fourth-order valence-electron chi connectivity index (χ4n) is 1.63. The molecule has 7 heteroatoms. The predicted octanol–water partition coefficient (Wildman–Crippen LogP) is 2.46. The summed E-state index contributed by atoms with van der Waals surface area (Å²) in [6, 6.07) is 5.51. The van der Waals surface area contributed by atoms with Crippen molar-refractivity contribution in [2.24, 2.45) is 16.6 Å². The number of ether oxygens (including phenoxy) is 2. The minimum absolute atomic E-state index is 0. The van der Waals surface area contributed by atoms with Gasteiger partial charge in [-0.05, 0) is 31.9 Å². The zero-order chi connectivity index (χ0) is 15.7. The summed E-state index contributed by atoms with van der Waals surface area (Å²) >= 11 is 0. The van der Waals surface area contributed by atoms with Gasteiger partial charge in [-0.1, -0.05) is 6.92 Å². The molecule has 0 bridgehead atoms. The van der Waals surface area contributed by atoms with E-state index in [1.165, 1.54) is 0 Å². The lowest BCUT2D eigenvalue weighted by Crippen LogP contribution is -2.24. The van der Waals surface area contributed by atoms with Crippen LogP contribution in [0.3, 0.4) is 0 Å². The van der Waals surface area contributed by atoms with E-state index in [0.29, 0.717) is 31.2 Å². The van der Waals surface area contributed by atoms with Gasteiger partial charge in [0, 0.05) is 19.2 Å². The second-order valence-corrected chi connectivity index (χ2v) is 4.66. The van der Waals surface area contributed by atoms with Crippen LogP contribution in [0.25, 0.3) is 0 Å². The average molecular weight is 423 g/mol. The maximum Gasteiger partial charge on any atom is 0.193 e. The molecule has 1 unspecified atom stereocenters. The van der Waals surface area contributed by atoms with Crippen molar-refractivity contribution in [3.05, 3.63) is 18.2 Å². The topological polar surface area (TPSA) is 89.1 Å². The van der Waals surface area contributed by atoms with Crippen molar-refractivity contribution in [2.45, 2.75) is 20.8 Å².